The topological polar surface area (TPSA) is 76.7 Å². The van der Waals surface area contributed by atoms with Crippen LogP contribution in [0, 0.1) is 5.82 Å². The van der Waals surface area contributed by atoms with E-state index in [9.17, 15) is 14.0 Å². The van der Waals surface area contributed by atoms with Gasteiger partial charge in [0.1, 0.15) is 17.3 Å². The molecule has 0 aliphatic carbocycles. The molecular formula is C18H19FN2O4. The minimum atomic E-state index is -0.842. The molecule has 0 radical (unpaired) electrons. The van der Waals surface area contributed by atoms with E-state index in [-0.39, 0.29) is 0 Å². The highest BCUT2D eigenvalue weighted by molar-refractivity contribution is 6.39. The highest BCUT2D eigenvalue weighted by Crippen LogP contribution is 2.29. The molecule has 7 heteroatoms. The molecule has 0 heterocycles. The second-order valence-corrected chi connectivity index (χ2v) is 5.26. The maximum atomic E-state index is 12.9. The van der Waals surface area contributed by atoms with E-state index < -0.39 is 23.7 Å². The standard InChI is InChI=1S/C18H19FN2O4/c1-11(15-9-8-14(24-2)10-16(15)25-3)20-17(22)18(23)21-13-6-4-12(19)5-7-13/h4-11H,1-3H3,(H,20,22)(H,21,23). The fourth-order valence-electron chi connectivity index (χ4n) is 2.24. The van der Waals surface area contributed by atoms with Crippen LogP contribution in [-0.2, 0) is 9.59 Å². The van der Waals surface area contributed by atoms with E-state index in [0.29, 0.717) is 22.7 Å². The second-order valence-electron chi connectivity index (χ2n) is 5.26. The van der Waals surface area contributed by atoms with Crippen LogP contribution in [-0.4, -0.2) is 26.0 Å². The van der Waals surface area contributed by atoms with E-state index in [4.69, 9.17) is 9.47 Å². The van der Waals surface area contributed by atoms with Crippen molar-refractivity contribution in [2.45, 2.75) is 13.0 Å². The minimum Gasteiger partial charge on any atom is -0.497 e. The maximum absolute atomic E-state index is 12.9. The number of nitrogens with one attached hydrogen (secondary N) is 2. The van der Waals surface area contributed by atoms with Crippen LogP contribution < -0.4 is 20.1 Å². The van der Waals surface area contributed by atoms with Crippen molar-refractivity contribution in [1.82, 2.24) is 5.32 Å². The Morgan fingerprint density at radius 1 is 1.00 bits per heavy atom. The number of rotatable bonds is 5. The molecule has 0 aromatic heterocycles. The molecule has 25 heavy (non-hydrogen) atoms. The first-order valence-electron chi connectivity index (χ1n) is 7.54. The summed E-state index contributed by atoms with van der Waals surface area (Å²) in [5, 5.41) is 5.00. The Morgan fingerprint density at radius 2 is 1.68 bits per heavy atom. The fraction of sp³-hybridized carbons (Fsp3) is 0.222. The third kappa shape index (κ3) is 4.69. The van der Waals surface area contributed by atoms with Gasteiger partial charge in [-0.05, 0) is 43.3 Å². The Morgan fingerprint density at radius 3 is 2.28 bits per heavy atom. The smallest absolute Gasteiger partial charge is 0.313 e. The summed E-state index contributed by atoms with van der Waals surface area (Å²) >= 11 is 0. The molecule has 2 aromatic rings. The van der Waals surface area contributed by atoms with Crippen molar-refractivity contribution in [3.8, 4) is 11.5 Å². The predicted octanol–water partition coefficient (Wildman–Crippen LogP) is 2.66. The molecule has 0 saturated heterocycles. The molecule has 0 fully saturated rings. The number of carbonyl (C=O) groups is 2. The number of anilines is 1. The van der Waals surface area contributed by atoms with Gasteiger partial charge in [-0.2, -0.15) is 0 Å². The van der Waals surface area contributed by atoms with Gasteiger partial charge in [0.15, 0.2) is 0 Å². The van der Waals surface area contributed by atoms with Crippen LogP contribution >= 0.6 is 0 Å². The number of hydrogen-bond acceptors (Lipinski definition) is 4. The summed E-state index contributed by atoms with van der Waals surface area (Å²) in [6, 6.07) is 9.84. The van der Waals surface area contributed by atoms with Gasteiger partial charge in [0.25, 0.3) is 0 Å². The zero-order chi connectivity index (χ0) is 18.4. The number of ether oxygens (including phenoxy) is 2. The van der Waals surface area contributed by atoms with Crippen molar-refractivity contribution in [3.05, 3.63) is 53.8 Å². The highest BCUT2D eigenvalue weighted by atomic mass is 19.1. The third-order valence-corrected chi connectivity index (χ3v) is 3.56. The lowest BCUT2D eigenvalue weighted by atomic mass is 10.1. The predicted molar refractivity (Wildman–Crippen MR) is 91.1 cm³/mol. The third-order valence-electron chi connectivity index (χ3n) is 3.56. The van der Waals surface area contributed by atoms with Gasteiger partial charge in [0, 0.05) is 17.3 Å². The van der Waals surface area contributed by atoms with E-state index >= 15 is 0 Å². The van der Waals surface area contributed by atoms with Crippen LogP contribution in [0.15, 0.2) is 42.5 Å². The lowest BCUT2D eigenvalue weighted by Gasteiger charge is -2.17. The Balaban J connectivity index is 2.04. The Labute approximate surface area is 144 Å². The molecule has 0 saturated carbocycles. The quantitative estimate of drug-likeness (QED) is 0.816. The number of carbonyl (C=O) groups excluding carboxylic acids is 2. The average Bonchev–Trinajstić information content (AvgIpc) is 2.62. The summed E-state index contributed by atoms with van der Waals surface area (Å²) in [4.78, 5) is 24.0. The van der Waals surface area contributed by atoms with Gasteiger partial charge in [-0.25, -0.2) is 4.39 Å². The van der Waals surface area contributed by atoms with Crippen LogP contribution in [0.1, 0.15) is 18.5 Å². The Bertz CT molecular complexity index is 762. The summed E-state index contributed by atoms with van der Waals surface area (Å²) in [5.74, 6) is -0.928. The van der Waals surface area contributed by atoms with Crippen molar-refractivity contribution in [1.29, 1.82) is 0 Å². The Hall–Kier alpha value is -3.09. The number of amides is 2. The molecule has 0 aliphatic rings. The zero-order valence-corrected chi connectivity index (χ0v) is 14.1. The van der Waals surface area contributed by atoms with E-state index in [1.807, 2.05) is 0 Å². The van der Waals surface area contributed by atoms with Crippen molar-refractivity contribution in [3.63, 3.8) is 0 Å². The SMILES string of the molecule is COc1ccc(C(C)NC(=O)C(=O)Nc2ccc(F)cc2)c(OC)c1. The largest absolute Gasteiger partial charge is 0.497 e. The monoisotopic (exact) mass is 346 g/mol. The number of halogens is 1. The van der Waals surface area contributed by atoms with Crippen LogP contribution in [0.4, 0.5) is 10.1 Å². The summed E-state index contributed by atoms with van der Waals surface area (Å²) in [5.41, 5.74) is 1.03. The molecule has 0 aliphatic heterocycles. The van der Waals surface area contributed by atoms with Crippen LogP contribution in [0.3, 0.4) is 0 Å². The summed E-state index contributed by atoms with van der Waals surface area (Å²) in [7, 11) is 3.05. The maximum Gasteiger partial charge on any atom is 0.313 e. The van der Waals surface area contributed by atoms with Gasteiger partial charge in [0.2, 0.25) is 0 Å². The first kappa shape index (κ1) is 18.3. The number of benzene rings is 2. The van der Waals surface area contributed by atoms with Crippen LogP contribution in [0.2, 0.25) is 0 Å². The van der Waals surface area contributed by atoms with Gasteiger partial charge in [-0.1, -0.05) is 0 Å². The van der Waals surface area contributed by atoms with Gasteiger partial charge in [0.05, 0.1) is 20.3 Å². The van der Waals surface area contributed by atoms with Gasteiger partial charge in [-0.15, -0.1) is 0 Å². The normalized spacial score (nSPS) is 11.4. The second kappa shape index (κ2) is 8.14. The van der Waals surface area contributed by atoms with E-state index in [2.05, 4.69) is 10.6 Å². The summed E-state index contributed by atoms with van der Waals surface area (Å²) in [6.45, 7) is 1.73. The zero-order valence-electron chi connectivity index (χ0n) is 14.1. The van der Waals surface area contributed by atoms with E-state index in [1.54, 1.807) is 32.2 Å². The lowest BCUT2D eigenvalue weighted by molar-refractivity contribution is -0.136. The molecule has 2 aromatic carbocycles. The first-order valence-corrected chi connectivity index (χ1v) is 7.54. The molecular weight excluding hydrogens is 327 g/mol. The highest BCUT2D eigenvalue weighted by Gasteiger charge is 2.19. The van der Waals surface area contributed by atoms with Gasteiger partial charge >= 0.3 is 11.8 Å². The molecule has 1 atom stereocenters. The summed E-state index contributed by atoms with van der Waals surface area (Å²) in [6.07, 6.45) is 0. The van der Waals surface area contributed by atoms with Gasteiger partial charge < -0.3 is 20.1 Å². The molecule has 2 rings (SSSR count). The van der Waals surface area contributed by atoms with E-state index in [0.717, 1.165) is 0 Å². The summed E-state index contributed by atoms with van der Waals surface area (Å²) < 4.78 is 23.3. The molecule has 1 unspecified atom stereocenters. The number of hydrogen-bond donors (Lipinski definition) is 2. The van der Waals surface area contributed by atoms with Crippen LogP contribution in [0.5, 0.6) is 11.5 Å². The molecule has 2 N–H and O–H groups in total. The van der Waals surface area contributed by atoms with E-state index in [1.165, 1.54) is 31.4 Å². The number of methoxy groups -OCH3 is 2. The van der Waals surface area contributed by atoms with Crippen molar-refractivity contribution in [2.75, 3.05) is 19.5 Å². The first-order chi connectivity index (χ1) is 11.9. The van der Waals surface area contributed by atoms with Crippen LogP contribution in [0.25, 0.3) is 0 Å². The molecule has 132 valence electrons. The Kier molecular flexibility index (Phi) is 5.94. The van der Waals surface area contributed by atoms with Crippen molar-refractivity contribution >= 4 is 17.5 Å². The van der Waals surface area contributed by atoms with Crippen molar-refractivity contribution in [2.24, 2.45) is 0 Å². The minimum absolute atomic E-state index is 0.330. The van der Waals surface area contributed by atoms with Crippen molar-refractivity contribution < 1.29 is 23.5 Å². The van der Waals surface area contributed by atoms with Gasteiger partial charge in [-0.3, -0.25) is 9.59 Å². The molecule has 6 nitrogen and oxygen atoms in total. The fourth-order valence-corrected chi connectivity index (χ4v) is 2.24. The molecule has 0 bridgehead atoms. The lowest BCUT2D eigenvalue weighted by Crippen LogP contribution is -2.37. The molecule has 2 amide bonds. The molecule has 0 spiro atoms. The average molecular weight is 346 g/mol.